The monoisotopic (exact) mass is 336 g/mol. The molecule has 0 saturated heterocycles. The van der Waals surface area contributed by atoms with Gasteiger partial charge in [0.1, 0.15) is 0 Å². The van der Waals surface area contributed by atoms with Crippen LogP contribution < -0.4 is 5.32 Å². The second-order valence-electron chi connectivity index (χ2n) is 5.95. The first-order valence-corrected chi connectivity index (χ1v) is 8.21. The molecule has 1 atom stereocenters. The molecule has 3 rings (SSSR count). The summed E-state index contributed by atoms with van der Waals surface area (Å²) in [6, 6.07) is 11.7. The van der Waals surface area contributed by atoms with E-state index in [9.17, 15) is 4.79 Å². The normalized spacial score (nSPS) is 11.9. The molecule has 1 N–H and O–H groups in total. The van der Waals surface area contributed by atoms with Gasteiger partial charge in [-0.3, -0.25) is 9.78 Å². The summed E-state index contributed by atoms with van der Waals surface area (Å²) in [4.78, 5) is 20.4. The topological polar surface area (TPSA) is 80.9 Å². The van der Waals surface area contributed by atoms with Crippen molar-refractivity contribution < 1.29 is 9.32 Å². The molecule has 0 spiro atoms. The fourth-order valence-corrected chi connectivity index (χ4v) is 2.45. The molecule has 6 nitrogen and oxygen atoms in total. The summed E-state index contributed by atoms with van der Waals surface area (Å²) in [6.07, 6.45) is 4.05. The first kappa shape index (κ1) is 16.8. The van der Waals surface area contributed by atoms with Crippen molar-refractivity contribution in [2.45, 2.75) is 32.7 Å². The number of hydrogen-bond acceptors (Lipinski definition) is 5. The summed E-state index contributed by atoms with van der Waals surface area (Å²) >= 11 is 0. The summed E-state index contributed by atoms with van der Waals surface area (Å²) in [5, 5.41) is 6.92. The molecule has 2 heterocycles. The predicted octanol–water partition coefficient (Wildman–Crippen LogP) is 3.25. The number of benzene rings is 1. The van der Waals surface area contributed by atoms with E-state index >= 15 is 0 Å². The molecular formula is C19H20N4O2. The number of nitrogens with zero attached hydrogens (tertiary/aromatic N) is 3. The van der Waals surface area contributed by atoms with Gasteiger partial charge in [0.05, 0.1) is 6.04 Å². The van der Waals surface area contributed by atoms with Gasteiger partial charge in [-0.05, 0) is 31.5 Å². The maximum atomic E-state index is 12.1. The van der Waals surface area contributed by atoms with Gasteiger partial charge in [0.2, 0.25) is 17.6 Å². The van der Waals surface area contributed by atoms with E-state index in [2.05, 4.69) is 20.4 Å². The van der Waals surface area contributed by atoms with E-state index in [0.29, 0.717) is 24.6 Å². The second kappa shape index (κ2) is 7.70. The van der Waals surface area contributed by atoms with Crippen molar-refractivity contribution in [1.29, 1.82) is 0 Å². The van der Waals surface area contributed by atoms with Crippen molar-refractivity contribution in [2.75, 3.05) is 0 Å². The van der Waals surface area contributed by atoms with E-state index < -0.39 is 0 Å². The number of pyridine rings is 1. The number of amides is 1. The van der Waals surface area contributed by atoms with Crippen molar-refractivity contribution in [2.24, 2.45) is 0 Å². The molecule has 0 aliphatic heterocycles. The number of nitrogens with one attached hydrogen (secondary N) is 1. The molecule has 128 valence electrons. The third-order valence-electron chi connectivity index (χ3n) is 3.93. The van der Waals surface area contributed by atoms with Gasteiger partial charge in [-0.2, -0.15) is 4.98 Å². The van der Waals surface area contributed by atoms with Crippen LogP contribution in [0.2, 0.25) is 0 Å². The highest BCUT2D eigenvalue weighted by molar-refractivity contribution is 5.76. The van der Waals surface area contributed by atoms with Crippen molar-refractivity contribution in [3.05, 3.63) is 65.8 Å². The summed E-state index contributed by atoms with van der Waals surface area (Å²) in [6.45, 7) is 4.01. The van der Waals surface area contributed by atoms with Crippen molar-refractivity contribution >= 4 is 5.91 Å². The van der Waals surface area contributed by atoms with Gasteiger partial charge >= 0.3 is 0 Å². The Kier molecular flexibility index (Phi) is 5.18. The summed E-state index contributed by atoms with van der Waals surface area (Å²) < 4.78 is 5.21. The lowest BCUT2D eigenvalue weighted by atomic mass is 10.1. The summed E-state index contributed by atoms with van der Waals surface area (Å²) in [5.74, 6) is 0.910. The lowest BCUT2D eigenvalue weighted by Crippen LogP contribution is -2.26. The Labute approximate surface area is 146 Å². The molecule has 0 bridgehead atoms. The van der Waals surface area contributed by atoms with Gasteiger partial charge in [0, 0.05) is 30.8 Å². The number of aromatic nitrogens is 3. The SMILES string of the molecule is Cc1ccc(C(C)NC(=O)CCc2nc(-c3ccncc3)no2)cc1. The number of carbonyl (C=O) groups is 1. The first-order chi connectivity index (χ1) is 12.1. The van der Waals surface area contributed by atoms with Crippen LogP contribution in [0.1, 0.15) is 36.4 Å². The Balaban J connectivity index is 1.52. The lowest BCUT2D eigenvalue weighted by Gasteiger charge is -2.14. The average Bonchev–Trinajstić information content (AvgIpc) is 3.10. The average molecular weight is 336 g/mol. The van der Waals surface area contributed by atoms with Crippen LogP contribution in [0.3, 0.4) is 0 Å². The van der Waals surface area contributed by atoms with Crippen LogP contribution in [0.25, 0.3) is 11.4 Å². The maximum Gasteiger partial charge on any atom is 0.227 e. The highest BCUT2D eigenvalue weighted by Crippen LogP contribution is 2.16. The third-order valence-corrected chi connectivity index (χ3v) is 3.93. The van der Waals surface area contributed by atoms with Gasteiger partial charge in [-0.25, -0.2) is 0 Å². The molecule has 3 aromatic rings. The smallest absolute Gasteiger partial charge is 0.227 e. The van der Waals surface area contributed by atoms with Crippen LogP contribution in [-0.2, 0) is 11.2 Å². The van der Waals surface area contributed by atoms with Gasteiger partial charge in [0.25, 0.3) is 0 Å². The van der Waals surface area contributed by atoms with Crippen molar-refractivity contribution in [3.63, 3.8) is 0 Å². The molecule has 1 unspecified atom stereocenters. The Morgan fingerprint density at radius 1 is 1.16 bits per heavy atom. The fraction of sp³-hybridized carbons (Fsp3) is 0.263. The Morgan fingerprint density at radius 2 is 1.88 bits per heavy atom. The highest BCUT2D eigenvalue weighted by Gasteiger charge is 2.13. The van der Waals surface area contributed by atoms with Crippen LogP contribution >= 0.6 is 0 Å². The van der Waals surface area contributed by atoms with Crippen molar-refractivity contribution in [3.8, 4) is 11.4 Å². The molecule has 0 radical (unpaired) electrons. The van der Waals surface area contributed by atoms with E-state index in [1.807, 2.05) is 50.2 Å². The standard InChI is InChI=1S/C19H20N4O2/c1-13-3-5-15(6-4-13)14(2)21-17(24)7-8-18-22-19(23-25-18)16-9-11-20-12-10-16/h3-6,9-12,14H,7-8H2,1-2H3,(H,21,24). The second-order valence-corrected chi connectivity index (χ2v) is 5.95. The largest absolute Gasteiger partial charge is 0.350 e. The van der Waals surface area contributed by atoms with Gasteiger partial charge in [-0.15, -0.1) is 0 Å². The zero-order valence-electron chi connectivity index (χ0n) is 14.3. The molecule has 0 aliphatic rings. The van der Waals surface area contributed by atoms with Gasteiger partial charge in [-0.1, -0.05) is 35.0 Å². The first-order valence-electron chi connectivity index (χ1n) is 8.21. The zero-order chi connectivity index (χ0) is 17.6. The van der Waals surface area contributed by atoms with E-state index in [1.54, 1.807) is 12.4 Å². The molecule has 0 saturated carbocycles. The number of hydrogen-bond donors (Lipinski definition) is 1. The molecule has 2 aromatic heterocycles. The maximum absolute atomic E-state index is 12.1. The van der Waals surface area contributed by atoms with E-state index in [1.165, 1.54) is 5.56 Å². The molecule has 0 aliphatic carbocycles. The molecule has 1 aromatic carbocycles. The molecule has 1 amide bonds. The molecular weight excluding hydrogens is 316 g/mol. The third kappa shape index (κ3) is 4.50. The Bertz CT molecular complexity index is 828. The Morgan fingerprint density at radius 3 is 2.60 bits per heavy atom. The minimum absolute atomic E-state index is 0.0387. The molecule has 0 fully saturated rings. The van der Waals surface area contributed by atoms with E-state index in [-0.39, 0.29) is 11.9 Å². The van der Waals surface area contributed by atoms with E-state index in [4.69, 9.17) is 4.52 Å². The summed E-state index contributed by atoms with van der Waals surface area (Å²) in [5.41, 5.74) is 3.11. The van der Waals surface area contributed by atoms with Crippen LogP contribution in [0.4, 0.5) is 0 Å². The predicted molar refractivity (Wildman–Crippen MR) is 93.6 cm³/mol. The number of aryl methyl sites for hydroxylation is 2. The minimum Gasteiger partial charge on any atom is -0.350 e. The van der Waals surface area contributed by atoms with Gasteiger partial charge in [0.15, 0.2) is 0 Å². The van der Waals surface area contributed by atoms with Crippen LogP contribution in [0.5, 0.6) is 0 Å². The quantitative estimate of drug-likeness (QED) is 0.747. The Hall–Kier alpha value is -3.02. The van der Waals surface area contributed by atoms with Crippen LogP contribution in [0.15, 0.2) is 53.3 Å². The minimum atomic E-state index is -0.0447. The van der Waals surface area contributed by atoms with Crippen molar-refractivity contribution in [1.82, 2.24) is 20.4 Å². The zero-order valence-corrected chi connectivity index (χ0v) is 14.3. The number of carbonyl (C=O) groups excluding carboxylic acids is 1. The fourth-order valence-electron chi connectivity index (χ4n) is 2.45. The molecule has 25 heavy (non-hydrogen) atoms. The highest BCUT2D eigenvalue weighted by atomic mass is 16.5. The number of rotatable bonds is 6. The van der Waals surface area contributed by atoms with Crippen LogP contribution in [0, 0.1) is 6.92 Å². The van der Waals surface area contributed by atoms with Gasteiger partial charge < -0.3 is 9.84 Å². The van der Waals surface area contributed by atoms with Crippen LogP contribution in [-0.4, -0.2) is 21.0 Å². The van der Waals surface area contributed by atoms with E-state index in [0.717, 1.165) is 11.1 Å². The molecule has 6 heteroatoms. The summed E-state index contributed by atoms with van der Waals surface area (Å²) in [7, 11) is 0. The lowest BCUT2D eigenvalue weighted by molar-refractivity contribution is -0.121.